The summed E-state index contributed by atoms with van der Waals surface area (Å²) in [7, 11) is 0. The molecule has 3 heterocycles. The van der Waals surface area contributed by atoms with Crippen LogP contribution in [0.3, 0.4) is 0 Å². The van der Waals surface area contributed by atoms with E-state index in [0.29, 0.717) is 55.4 Å². The number of carbonyl (C=O) groups excluding carboxylic acids is 2. The SMILES string of the molecule is CC1(C)OC(=O)c2c(OCC[C@@H]3COCCN3C(=O)c3cccnc3CCO)cccc2O1. The Labute approximate surface area is 192 Å². The number of esters is 1. The minimum atomic E-state index is -1.04. The third-order valence-electron chi connectivity index (χ3n) is 5.55. The van der Waals surface area contributed by atoms with Crippen LogP contribution in [0, 0.1) is 0 Å². The van der Waals surface area contributed by atoms with Gasteiger partial charge in [-0.05, 0) is 24.3 Å². The molecule has 2 aliphatic heterocycles. The van der Waals surface area contributed by atoms with E-state index in [2.05, 4.69) is 4.98 Å². The molecule has 0 saturated carbocycles. The van der Waals surface area contributed by atoms with E-state index in [1.165, 1.54) is 0 Å². The molecule has 176 valence electrons. The van der Waals surface area contributed by atoms with Gasteiger partial charge in [0.2, 0.25) is 5.79 Å². The van der Waals surface area contributed by atoms with E-state index in [0.717, 1.165) is 0 Å². The van der Waals surface area contributed by atoms with Crippen molar-refractivity contribution >= 4 is 11.9 Å². The minimum absolute atomic E-state index is 0.0810. The van der Waals surface area contributed by atoms with Gasteiger partial charge in [0.15, 0.2) is 0 Å². The first kappa shape index (κ1) is 23.0. The van der Waals surface area contributed by atoms with Crippen molar-refractivity contribution in [1.82, 2.24) is 9.88 Å². The molecule has 1 aromatic heterocycles. The maximum absolute atomic E-state index is 13.3. The number of rotatable bonds is 7. The highest BCUT2D eigenvalue weighted by molar-refractivity contribution is 5.97. The van der Waals surface area contributed by atoms with Crippen molar-refractivity contribution in [2.24, 2.45) is 0 Å². The zero-order chi connectivity index (χ0) is 23.4. The molecule has 1 saturated heterocycles. The van der Waals surface area contributed by atoms with Crippen LogP contribution in [0.4, 0.5) is 0 Å². The molecule has 1 N–H and O–H groups in total. The molecular formula is C24H28N2O7. The Morgan fingerprint density at radius 2 is 2.12 bits per heavy atom. The van der Waals surface area contributed by atoms with E-state index in [-0.39, 0.29) is 30.7 Å². The van der Waals surface area contributed by atoms with Gasteiger partial charge in [0.1, 0.15) is 17.1 Å². The van der Waals surface area contributed by atoms with Crippen LogP contribution in [-0.4, -0.2) is 71.7 Å². The Bertz CT molecular complexity index is 1020. The van der Waals surface area contributed by atoms with E-state index >= 15 is 0 Å². The van der Waals surface area contributed by atoms with Gasteiger partial charge in [0.25, 0.3) is 5.91 Å². The Kier molecular flexibility index (Phi) is 6.80. The summed E-state index contributed by atoms with van der Waals surface area (Å²) in [5.74, 6) is -0.886. The van der Waals surface area contributed by atoms with Crippen molar-refractivity contribution in [1.29, 1.82) is 0 Å². The van der Waals surface area contributed by atoms with Gasteiger partial charge in [0, 0.05) is 46.0 Å². The summed E-state index contributed by atoms with van der Waals surface area (Å²) >= 11 is 0. The number of pyridine rings is 1. The first-order valence-electron chi connectivity index (χ1n) is 11.0. The van der Waals surface area contributed by atoms with Gasteiger partial charge in [-0.25, -0.2) is 4.79 Å². The molecule has 1 aromatic carbocycles. The summed E-state index contributed by atoms with van der Waals surface area (Å²) in [5.41, 5.74) is 1.32. The molecule has 1 fully saturated rings. The summed E-state index contributed by atoms with van der Waals surface area (Å²) < 4.78 is 22.6. The fourth-order valence-electron chi connectivity index (χ4n) is 4.04. The molecule has 9 heteroatoms. The van der Waals surface area contributed by atoms with Gasteiger partial charge >= 0.3 is 5.97 Å². The summed E-state index contributed by atoms with van der Waals surface area (Å²) in [5, 5.41) is 9.30. The second-order valence-electron chi connectivity index (χ2n) is 8.36. The third-order valence-corrected chi connectivity index (χ3v) is 5.55. The normalized spacial score (nSPS) is 19.3. The Balaban J connectivity index is 1.44. The molecule has 1 atom stereocenters. The molecule has 0 bridgehead atoms. The number of amides is 1. The first-order valence-corrected chi connectivity index (χ1v) is 11.0. The van der Waals surface area contributed by atoms with Crippen LogP contribution in [0.2, 0.25) is 0 Å². The van der Waals surface area contributed by atoms with Gasteiger partial charge in [0.05, 0.1) is 37.1 Å². The van der Waals surface area contributed by atoms with Gasteiger partial charge in [-0.15, -0.1) is 0 Å². The predicted molar refractivity (Wildman–Crippen MR) is 117 cm³/mol. The Morgan fingerprint density at radius 1 is 1.27 bits per heavy atom. The lowest BCUT2D eigenvalue weighted by Gasteiger charge is -2.36. The molecule has 2 aliphatic rings. The quantitative estimate of drug-likeness (QED) is 0.632. The Hall–Kier alpha value is -3.17. The monoisotopic (exact) mass is 456 g/mol. The molecule has 0 spiro atoms. The molecular weight excluding hydrogens is 428 g/mol. The van der Waals surface area contributed by atoms with Crippen LogP contribution in [0.5, 0.6) is 11.5 Å². The number of hydrogen-bond acceptors (Lipinski definition) is 8. The van der Waals surface area contributed by atoms with Crippen LogP contribution in [0.15, 0.2) is 36.5 Å². The lowest BCUT2D eigenvalue weighted by atomic mass is 10.1. The zero-order valence-corrected chi connectivity index (χ0v) is 18.8. The van der Waals surface area contributed by atoms with Gasteiger partial charge in [-0.3, -0.25) is 9.78 Å². The van der Waals surface area contributed by atoms with Gasteiger partial charge in [-0.2, -0.15) is 0 Å². The number of aliphatic hydroxyl groups excluding tert-OH is 1. The Morgan fingerprint density at radius 3 is 2.94 bits per heavy atom. The number of carbonyl (C=O) groups is 2. The highest BCUT2D eigenvalue weighted by Gasteiger charge is 2.36. The highest BCUT2D eigenvalue weighted by Crippen LogP contribution is 2.36. The summed E-state index contributed by atoms with van der Waals surface area (Å²) in [6, 6.07) is 8.40. The standard InChI is InChI=1S/C24H28N2O7/c1-24(2)32-20-7-3-6-19(21(20)23(29)33-24)31-13-9-16-15-30-14-11-26(16)22(28)17-5-4-10-25-18(17)8-12-27/h3-7,10,16,27H,8-9,11-15H2,1-2H3/t16-/m1/s1. The van der Waals surface area contributed by atoms with Gasteiger partial charge in [-0.1, -0.05) is 6.07 Å². The molecule has 0 aliphatic carbocycles. The maximum atomic E-state index is 13.3. The molecule has 2 aromatic rings. The number of cyclic esters (lactones) is 1. The largest absolute Gasteiger partial charge is 0.492 e. The van der Waals surface area contributed by atoms with Crippen LogP contribution >= 0.6 is 0 Å². The van der Waals surface area contributed by atoms with Gasteiger partial charge < -0.3 is 29.0 Å². The van der Waals surface area contributed by atoms with E-state index in [1.54, 1.807) is 55.3 Å². The van der Waals surface area contributed by atoms with Crippen molar-refractivity contribution in [2.75, 3.05) is 33.0 Å². The molecule has 1 amide bonds. The topological polar surface area (TPSA) is 107 Å². The maximum Gasteiger partial charge on any atom is 0.349 e. The molecule has 0 unspecified atom stereocenters. The highest BCUT2D eigenvalue weighted by atomic mass is 16.7. The number of aliphatic hydroxyl groups is 1. The fraction of sp³-hybridized carbons (Fsp3) is 0.458. The molecule has 9 nitrogen and oxygen atoms in total. The average Bonchev–Trinajstić information content (AvgIpc) is 2.78. The van der Waals surface area contributed by atoms with E-state index in [1.807, 2.05) is 0 Å². The number of fused-ring (bicyclic) bond motifs is 1. The second kappa shape index (κ2) is 9.76. The van der Waals surface area contributed by atoms with Crippen LogP contribution < -0.4 is 9.47 Å². The van der Waals surface area contributed by atoms with Crippen molar-refractivity contribution in [3.63, 3.8) is 0 Å². The third kappa shape index (κ3) is 5.09. The summed E-state index contributed by atoms with van der Waals surface area (Å²) in [4.78, 5) is 31.8. The summed E-state index contributed by atoms with van der Waals surface area (Å²) in [6.45, 7) is 4.81. The summed E-state index contributed by atoms with van der Waals surface area (Å²) in [6.07, 6.45) is 2.43. The number of morpholine rings is 1. The number of benzene rings is 1. The van der Waals surface area contributed by atoms with Crippen LogP contribution in [0.1, 0.15) is 46.7 Å². The number of nitrogens with zero attached hydrogens (tertiary/aromatic N) is 2. The lowest BCUT2D eigenvalue weighted by Crippen LogP contribution is -2.49. The number of ether oxygens (including phenoxy) is 4. The van der Waals surface area contributed by atoms with Crippen molar-refractivity contribution in [3.8, 4) is 11.5 Å². The van der Waals surface area contributed by atoms with E-state index in [4.69, 9.17) is 18.9 Å². The second-order valence-corrected chi connectivity index (χ2v) is 8.36. The zero-order valence-electron chi connectivity index (χ0n) is 18.8. The first-order chi connectivity index (χ1) is 15.9. The predicted octanol–water partition coefficient (Wildman–Crippen LogP) is 2.21. The van der Waals surface area contributed by atoms with Crippen molar-refractivity contribution in [3.05, 3.63) is 53.3 Å². The average molecular weight is 456 g/mol. The van der Waals surface area contributed by atoms with Crippen molar-refractivity contribution < 1.29 is 33.6 Å². The molecule has 33 heavy (non-hydrogen) atoms. The molecule has 4 rings (SSSR count). The van der Waals surface area contributed by atoms with Crippen molar-refractivity contribution in [2.45, 2.75) is 38.5 Å². The van der Waals surface area contributed by atoms with Crippen LogP contribution in [-0.2, 0) is 15.9 Å². The molecule has 0 radical (unpaired) electrons. The lowest BCUT2D eigenvalue weighted by molar-refractivity contribution is -0.127. The van der Waals surface area contributed by atoms with Crippen LogP contribution in [0.25, 0.3) is 0 Å². The number of hydrogen-bond donors (Lipinski definition) is 1. The minimum Gasteiger partial charge on any atom is -0.492 e. The van der Waals surface area contributed by atoms with E-state index in [9.17, 15) is 14.7 Å². The van der Waals surface area contributed by atoms with E-state index < -0.39 is 11.8 Å². The fourth-order valence-corrected chi connectivity index (χ4v) is 4.04. The number of aromatic nitrogens is 1. The smallest absolute Gasteiger partial charge is 0.349 e.